The van der Waals surface area contributed by atoms with Gasteiger partial charge in [0.1, 0.15) is 0 Å². The second-order valence-corrected chi connectivity index (χ2v) is 5.67. The number of ether oxygens (including phenoxy) is 3. The lowest BCUT2D eigenvalue weighted by molar-refractivity contribution is -0.407. The van der Waals surface area contributed by atoms with Gasteiger partial charge in [-0.05, 0) is 13.8 Å². The average Bonchev–Trinajstić information content (AvgIpc) is 2.49. The molecule has 0 spiro atoms. The SMILES string of the molecule is C=CCOCC(=C)C(=O)OCC(=O)OC(C)(C)C(O)(C(F)(F)F)C(F)(F)F. The zero-order valence-corrected chi connectivity index (χ0v) is 14.4. The molecule has 0 unspecified atom stereocenters. The smallest absolute Gasteiger partial charge is 0.430 e. The maximum absolute atomic E-state index is 12.8. The molecule has 1 N–H and O–H groups in total. The van der Waals surface area contributed by atoms with E-state index >= 15 is 0 Å². The second-order valence-electron chi connectivity index (χ2n) is 5.67. The van der Waals surface area contributed by atoms with Crippen LogP contribution in [0.4, 0.5) is 26.3 Å². The van der Waals surface area contributed by atoms with E-state index in [4.69, 9.17) is 4.74 Å². The van der Waals surface area contributed by atoms with E-state index in [-0.39, 0.29) is 32.6 Å². The van der Waals surface area contributed by atoms with Crippen molar-refractivity contribution in [3.05, 3.63) is 24.8 Å². The number of hydrogen-bond donors (Lipinski definition) is 1. The predicted molar refractivity (Wildman–Crippen MR) is 78.3 cm³/mol. The maximum atomic E-state index is 12.8. The average molecular weight is 408 g/mol. The monoisotopic (exact) mass is 408 g/mol. The molecule has 0 rings (SSSR count). The molecular formula is C15H18F6O6. The lowest BCUT2D eigenvalue weighted by atomic mass is 9.84. The van der Waals surface area contributed by atoms with Crippen LogP contribution in [-0.2, 0) is 23.8 Å². The Kier molecular flexibility index (Phi) is 8.07. The first-order valence-corrected chi connectivity index (χ1v) is 7.12. The van der Waals surface area contributed by atoms with Crippen LogP contribution < -0.4 is 0 Å². The van der Waals surface area contributed by atoms with Crippen LogP contribution in [0.25, 0.3) is 0 Å². The first-order chi connectivity index (χ1) is 12.0. The van der Waals surface area contributed by atoms with Crippen LogP contribution in [0.15, 0.2) is 24.8 Å². The summed E-state index contributed by atoms with van der Waals surface area (Å²) in [5.41, 5.74) is -9.10. The number of aliphatic hydroxyl groups is 1. The largest absolute Gasteiger partial charge is 0.453 e. The summed E-state index contributed by atoms with van der Waals surface area (Å²) in [5.74, 6) is -2.93. The minimum atomic E-state index is -6.21. The molecule has 0 radical (unpaired) electrons. The first-order valence-electron chi connectivity index (χ1n) is 7.12. The molecule has 0 heterocycles. The molecule has 27 heavy (non-hydrogen) atoms. The van der Waals surface area contributed by atoms with Gasteiger partial charge in [0, 0.05) is 0 Å². The van der Waals surface area contributed by atoms with Crippen molar-refractivity contribution in [2.24, 2.45) is 0 Å². The van der Waals surface area contributed by atoms with Gasteiger partial charge >= 0.3 is 24.3 Å². The van der Waals surface area contributed by atoms with Crippen LogP contribution in [0.3, 0.4) is 0 Å². The van der Waals surface area contributed by atoms with E-state index < -0.39 is 42.1 Å². The Labute approximate surface area is 150 Å². The Morgan fingerprint density at radius 3 is 1.93 bits per heavy atom. The highest BCUT2D eigenvalue weighted by atomic mass is 19.4. The van der Waals surface area contributed by atoms with Crippen molar-refractivity contribution in [3.63, 3.8) is 0 Å². The van der Waals surface area contributed by atoms with E-state index in [1.54, 1.807) is 0 Å². The summed E-state index contributed by atoms with van der Waals surface area (Å²) in [6.45, 7) is 5.48. The minimum absolute atomic E-state index is 0.0655. The zero-order valence-electron chi connectivity index (χ0n) is 14.4. The van der Waals surface area contributed by atoms with E-state index in [1.807, 2.05) is 0 Å². The van der Waals surface area contributed by atoms with Crippen LogP contribution >= 0.6 is 0 Å². The minimum Gasteiger partial charge on any atom is -0.453 e. The van der Waals surface area contributed by atoms with Crippen LogP contribution in [0.1, 0.15) is 13.8 Å². The fourth-order valence-corrected chi connectivity index (χ4v) is 1.78. The van der Waals surface area contributed by atoms with Crippen LogP contribution in [-0.4, -0.2) is 60.4 Å². The van der Waals surface area contributed by atoms with Gasteiger partial charge in [-0.3, -0.25) is 0 Å². The van der Waals surface area contributed by atoms with Gasteiger partial charge in [-0.1, -0.05) is 12.7 Å². The molecule has 0 saturated carbocycles. The van der Waals surface area contributed by atoms with Crippen molar-refractivity contribution in [1.29, 1.82) is 0 Å². The maximum Gasteiger partial charge on any atom is 0.430 e. The lowest BCUT2D eigenvalue weighted by Gasteiger charge is -2.43. The van der Waals surface area contributed by atoms with E-state index in [9.17, 15) is 41.0 Å². The summed E-state index contributed by atoms with van der Waals surface area (Å²) in [5, 5.41) is 9.27. The van der Waals surface area contributed by atoms with Crippen LogP contribution in [0.2, 0.25) is 0 Å². The Morgan fingerprint density at radius 1 is 1.04 bits per heavy atom. The molecule has 0 amide bonds. The highest BCUT2D eigenvalue weighted by Crippen LogP contribution is 2.50. The molecule has 156 valence electrons. The second kappa shape index (κ2) is 8.74. The van der Waals surface area contributed by atoms with Crippen molar-refractivity contribution >= 4 is 11.9 Å². The zero-order chi connectivity index (χ0) is 21.7. The Morgan fingerprint density at radius 2 is 1.52 bits per heavy atom. The third-order valence-electron chi connectivity index (χ3n) is 3.18. The third kappa shape index (κ3) is 5.96. The summed E-state index contributed by atoms with van der Waals surface area (Å²) in [6.07, 6.45) is -11.1. The van der Waals surface area contributed by atoms with Crippen molar-refractivity contribution in [2.75, 3.05) is 19.8 Å². The van der Waals surface area contributed by atoms with Crippen molar-refractivity contribution in [3.8, 4) is 0 Å². The molecule has 0 bridgehead atoms. The van der Waals surface area contributed by atoms with Crippen molar-refractivity contribution in [1.82, 2.24) is 0 Å². The van der Waals surface area contributed by atoms with Gasteiger partial charge in [0.15, 0.2) is 12.2 Å². The predicted octanol–water partition coefficient (Wildman–Crippen LogP) is 2.47. The molecule has 6 nitrogen and oxygen atoms in total. The topological polar surface area (TPSA) is 82.1 Å². The van der Waals surface area contributed by atoms with Gasteiger partial charge in [-0.25, -0.2) is 9.59 Å². The van der Waals surface area contributed by atoms with Gasteiger partial charge in [0.25, 0.3) is 5.60 Å². The van der Waals surface area contributed by atoms with Crippen LogP contribution in [0.5, 0.6) is 0 Å². The summed E-state index contributed by atoms with van der Waals surface area (Å²) >= 11 is 0. The molecule has 0 aliphatic carbocycles. The van der Waals surface area contributed by atoms with Gasteiger partial charge in [0.05, 0.1) is 18.8 Å². The van der Waals surface area contributed by atoms with Crippen molar-refractivity contribution in [2.45, 2.75) is 37.4 Å². The van der Waals surface area contributed by atoms with E-state index in [0.717, 1.165) is 0 Å². The molecule has 0 aromatic heterocycles. The van der Waals surface area contributed by atoms with Gasteiger partial charge in [0.2, 0.25) is 0 Å². The highest BCUT2D eigenvalue weighted by Gasteiger charge is 2.78. The number of halogens is 6. The summed E-state index contributed by atoms with van der Waals surface area (Å²) in [6, 6.07) is 0. The summed E-state index contributed by atoms with van der Waals surface area (Å²) < 4.78 is 90.3. The normalized spacial score (nSPS) is 13.1. The molecule has 0 aromatic rings. The summed E-state index contributed by atoms with van der Waals surface area (Å²) in [7, 11) is 0. The molecule has 0 aromatic carbocycles. The Hall–Kier alpha value is -2.08. The number of rotatable bonds is 9. The number of carbonyl (C=O) groups excluding carboxylic acids is 2. The van der Waals surface area contributed by atoms with Crippen molar-refractivity contribution < 1.29 is 55.2 Å². The van der Waals surface area contributed by atoms with Gasteiger partial charge in [-0.2, -0.15) is 26.3 Å². The number of carbonyl (C=O) groups is 2. The number of hydrogen-bond acceptors (Lipinski definition) is 6. The molecule has 0 fully saturated rings. The van der Waals surface area contributed by atoms with Crippen LogP contribution in [0, 0.1) is 0 Å². The molecule has 0 atom stereocenters. The third-order valence-corrected chi connectivity index (χ3v) is 3.18. The number of alkyl halides is 6. The van der Waals surface area contributed by atoms with E-state index in [2.05, 4.69) is 22.6 Å². The highest BCUT2D eigenvalue weighted by molar-refractivity contribution is 5.89. The molecule has 0 saturated heterocycles. The van der Waals surface area contributed by atoms with E-state index in [1.165, 1.54) is 6.08 Å². The molecule has 0 aliphatic rings. The Balaban J connectivity index is 5.04. The standard InChI is InChI=1S/C15H18F6O6/c1-5-6-25-7-9(2)11(23)26-8-10(22)27-12(3,4)13(24,14(16,17)18)15(19,20)21/h5,24H,1-2,6-8H2,3-4H3. The quantitative estimate of drug-likeness (QED) is 0.208. The summed E-state index contributed by atoms with van der Waals surface area (Å²) in [4.78, 5) is 23.0. The molecule has 0 aliphatic heterocycles. The fraction of sp³-hybridized carbons (Fsp3) is 0.600. The molecular weight excluding hydrogens is 390 g/mol. The molecule has 12 heteroatoms. The number of esters is 2. The fourth-order valence-electron chi connectivity index (χ4n) is 1.78. The van der Waals surface area contributed by atoms with Gasteiger partial charge in [-0.15, -0.1) is 6.58 Å². The first kappa shape index (κ1) is 24.9. The Bertz CT molecular complexity index is 564. The van der Waals surface area contributed by atoms with E-state index in [0.29, 0.717) is 0 Å². The van der Waals surface area contributed by atoms with Gasteiger partial charge < -0.3 is 19.3 Å². The lowest BCUT2D eigenvalue weighted by Crippen LogP contribution is -2.70.